The molecule has 1 aliphatic rings. The summed E-state index contributed by atoms with van der Waals surface area (Å²) in [5.74, 6) is -8.47. The molecule has 1 saturated carbocycles. The number of fused-ring (bicyclic) bond motifs is 1. The van der Waals surface area contributed by atoms with E-state index in [0.29, 0.717) is 0 Å². The Hall–Kier alpha value is -3.83. The summed E-state index contributed by atoms with van der Waals surface area (Å²) in [6.07, 6.45) is -6.30. The van der Waals surface area contributed by atoms with Crippen LogP contribution >= 0.6 is 0 Å². The van der Waals surface area contributed by atoms with E-state index in [1.807, 2.05) is 5.32 Å². The Morgan fingerprint density at radius 1 is 1.12 bits per heavy atom. The number of nitrogens with one attached hydrogen (secondary N) is 2. The molecule has 3 aromatic heterocycles. The summed E-state index contributed by atoms with van der Waals surface area (Å²) in [5.41, 5.74) is 0.330. The number of halogens is 7. The Morgan fingerprint density at radius 3 is 2.47 bits per heavy atom. The van der Waals surface area contributed by atoms with E-state index < -0.39 is 80.1 Å². The van der Waals surface area contributed by atoms with Crippen molar-refractivity contribution in [2.75, 3.05) is 0 Å². The highest BCUT2D eigenvalue weighted by Crippen LogP contribution is 2.41. The zero-order valence-corrected chi connectivity index (χ0v) is 22.8. The van der Waals surface area contributed by atoms with Crippen LogP contribution in [0.1, 0.15) is 86.0 Å². The average Bonchev–Trinajstić information content (AvgIpc) is 3.55. The van der Waals surface area contributed by atoms with Gasteiger partial charge in [0.25, 0.3) is 5.91 Å². The van der Waals surface area contributed by atoms with Crippen LogP contribution < -0.4 is 10.6 Å². The van der Waals surface area contributed by atoms with E-state index >= 15 is 0 Å². The molecule has 18 heteroatoms. The van der Waals surface area contributed by atoms with Gasteiger partial charge in [-0.15, -0.1) is 0 Å². The number of carbonyl (C=O) groups is 2. The Balaban J connectivity index is 1.55. The molecular formula is C25H29F7N8O3. The lowest BCUT2D eigenvalue weighted by Gasteiger charge is -2.33. The van der Waals surface area contributed by atoms with Gasteiger partial charge in [0.1, 0.15) is 6.33 Å². The van der Waals surface area contributed by atoms with Gasteiger partial charge in [-0.25, -0.2) is 36.7 Å². The number of rotatable bonds is 11. The molecule has 0 radical (unpaired) electrons. The largest absolute Gasteiger partial charge is 0.389 e. The number of aliphatic hydroxyl groups is 1. The molecule has 1 fully saturated rings. The number of nitrogens with zero attached hydrogens (tertiary/aromatic N) is 6. The number of hydrogen-bond donors (Lipinski definition) is 3. The van der Waals surface area contributed by atoms with Crippen molar-refractivity contribution < 1.29 is 45.4 Å². The van der Waals surface area contributed by atoms with Crippen LogP contribution in [0.25, 0.3) is 5.65 Å². The van der Waals surface area contributed by atoms with Gasteiger partial charge >= 0.3 is 6.18 Å². The Labute approximate surface area is 239 Å². The lowest BCUT2D eigenvalue weighted by Crippen LogP contribution is -2.38. The number of aromatic nitrogens is 6. The lowest BCUT2D eigenvalue weighted by atomic mass is 9.81. The highest BCUT2D eigenvalue weighted by molar-refractivity contribution is 5.90. The molecule has 0 bridgehead atoms. The second-order valence-corrected chi connectivity index (χ2v) is 10.6. The number of aliphatic hydroxyl groups excluding tert-OH is 1. The first-order valence-corrected chi connectivity index (χ1v) is 13.3. The second kappa shape index (κ2) is 12.4. The summed E-state index contributed by atoms with van der Waals surface area (Å²) in [6.45, 7) is 0.422. The predicted octanol–water partition coefficient (Wildman–Crippen LogP) is 4.11. The third-order valence-corrected chi connectivity index (χ3v) is 7.03. The van der Waals surface area contributed by atoms with Crippen LogP contribution in [0.5, 0.6) is 0 Å². The zero-order chi connectivity index (χ0) is 31.6. The summed E-state index contributed by atoms with van der Waals surface area (Å²) in [6, 6.07) is 0.374. The molecule has 0 saturated heterocycles. The molecule has 3 aromatic rings. The van der Waals surface area contributed by atoms with Gasteiger partial charge in [-0.2, -0.15) is 23.4 Å². The van der Waals surface area contributed by atoms with E-state index in [1.54, 1.807) is 0 Å². The van der Waals surface area contributed by atoms with Crippen LogP contribution in [-0.2, 0) is 11.3 Å². The monoisotopic (exact) mass is 622 g/mol. The summed E-state index contributed by atoms with van der Waals surface area (Å²) < 4.78 is 94.1. The first-order chi connectivity index (χ1) is 20.0. The normalized spacial score (nSPS) is 17.5. The molecule has 2 amide bonds. The fourth-order valence-electron chi connectivity index (χ4n) is 4.71. The van der Waals surface area contributed by atoms with Crippen LogP contribution in [0.15, 0.2) is 24.8 Å². The van der Waals surface area contributed by atoms with Gasteiger partial charge in [0.05, 0.1) is 30.6 Å². The first-order valence-electron chi connectivity index (χ1n) is 13.3. The van der Waals surface area contributed by atoms with Crippen molar-refractivity contribution in [2.24, 2.45) is 5.92 Å². The van der Waals surface area contributed by atoms with Crippen molar-refractivity contribution in [3.05, 3.63) is 41.9 Å². The number of alkyl halides is 7. The molecule has 4 rings (SSSR count). The summed E-state index contributed by atoms with van der Waals surface area (Å²) >= 11 is 0. The maximum absolute atomic E-state index is 13.9. The van der Waals surface area contributed by atoms with E-state index in [4.69, 9.17) is 0 Å². The molecule has 0 spiro atoms. The first kappa shape index (κ1) is 32.1. The van der Waals surface area contributed by atoms with Crippen LogP contribution in [-0.4, -0.2) is 64.3 Å². The molecule has 0 unspecified atom stereocenters. The van der Waals surface area contributed by atoms with Gasteiger partial charge in [0.2, 0.25) is 23.6 Å². The molecule has 3 N–H and O–H groups in total. The maximum atomic E-state index is 13.9. The van der Waals surface area contributed by atoms with Crippen molar-refractivity contribution in [3.8, 4) is 0 Å². The fourth-order valence-corrected chi connectivity index (χ4v) is 4.71. The molecule has 11 nitrogen and oxygen atoms in total. The van der Waals surface area contributed by atoms with E-state index in [9.17, 15) is 45.4 Å². The van der Waals surface area contributed by atoms with Crippen molar-refractivity contribution in [1.29, 1.82) is 0 Å². The van der Waals surface area contributed by atoms with Gasteiger partial charge < -0.3 is 15.7 Å². The number of aryl methyl sites for hydroxylation is 1. The minimum atomic E-state index is -4.55. The van der Waals surface area contributed by atoms with Gasteiger partial charge in [-0.05, 0) is 31.7 Å². The topological polar surface area (TPSA) is 139 Å². The lowest BCUT2D eigenvalue weighted by molar-refractivity contribution is -0.145. The molecular weight excluding hydrogens is 593 g/mol. The molecule has 3 heterocycles. The average molecular weight is 623 g/mol. The number of hydrogen-bond acceptors (Lipinski definition) is 7. The van der Waals surface area contributed by atoms with E-state index in [0.717, 1.165) is 24.1 Å². The predicted molar refractivity (Wildman–Crippen MR) is 134 cm³/mol. The fraction of sp³-hybridized carbons (Fsp3) is 0.600. The smallest absolute Gasteiger partial charge is 0.369 e. The Morgan fingerprint density at radius 2 is 1.81 bits per heavy atom. The molecule has 236 valence electrons. The minimum absolute atomic E-state index is 0.00345. The minimum Gasteiger partial charge on any atom is -0.369 e. The third-order valence-electron chi connectivity index (χ3n) is 7.03. The van der Waals surface area contributed by atoms with Gasteiger partial charge in [0.15, 0.2) is 11.9 Å². The van der Waals surface area contributed by atoms with Crippen LogP contribution in [0.4, 0.5) is 30.7 Å². The quantitative estimate of drug-likeness (QED) is 0.216. The van der Waals surface area contributed by atoms with Crippen LogP contribution in [0.3, 0.4) is 0 Å². The third kappa shape index (κ3) is 8.84. The van der Waals surface area contributed by atoms with Gasteiger partial charge in [-0.3, -0.25) is 9.59 Å². The zero-order valence-electron chi connectivity index (χ0n) is 22.8. The summed E-state index contributed by atoms with van der Waals surface area (Å²) in [7, 11) is 0. The highest BCUT2D eigenvalue weighted by Gasteiger charge is 2.40. The molecule has 43 heavy (non-hydrogen) atoms. The molecule has 0 aromatic carbocycles. The van der Waals surface area contributed by atoms with Gasteiger partial charge in [0, 0.05) is 37.8 Å². The summed E-state index contributed by atoms with van der Waals surface area (Å²) in [4.78, 5) is 33.3. The SMILES string of the molecule is CC(F)(F)CCn1ncnc1C(=O)N[C@H](c1cn2ncc([C@@H](O)NC(=O)CCC(F)(F)F)cc2n1)C1CCC(F)(F)CC1. The Bertz CT molecular complexity index is 1430. The number of amides is 2. The molecule has 0 aliphatic heterocycles. The number of carbonyl (C=O) groups excluding carboxylic acids is 2. The van der Waals surface area contributed by atoms with E-state index in [1.165, 1.54) is 16.8 Å². The van der Waals surface area contributed by atoms with E-state index in [-0.39, 0.29) is 42.1 Å². The molecule has 2 atom stereocenters. The second-order valence-electron chi connectivity index (χ2n) is 10.6. The van der Waals surface area contributed by atoms with Crippen molar-refractivity contribution in [2.45, 2.75) is 88.7 Å². The highest BCUT2D eigenvalue weighted by atomic mass is 19.4. The summed E-state index contributed by atoms with van der Waals surface area (Å²) in [5, 5.41) is 23.0. The van der Waals surface area contributed by atoms with Crippen molar-refractivity contribution in [1.82, 2.24) is 40.0 Å². The standard InChI is InChI=1S/C25H29F7N8O3/c1-23(26,27)8-9-39-20(33-13-35-39)22(43)38-19(14-2-5-24(28,29)6-3-14)16-12-40-17(36-16)10-15(11-34-40)21(42)37-18(41)4-7-25(30,31)32/h10-14,19,21,42H,2-9H2,1H3,(H,37,41)(H,38,43)/t19-,21+/m0/s1. The maximum Gasteiger partial charge on any atom is 0.389 e. The van der Waals surface area contributed by atoms with Crippen molar-refractivity contribution in [3.63, 3.8) is 0 Å². The van der Waals surface area contributed by atoms with Crippen LogP contribution in [0.2, 0.25) is 0 Å². The van der Waals surface area contributed by atoms with Crippen LogP contribution in [0, 0.1) is 5.92 Å². The Kier molecular flexibility index (Phi) is 9.27. The van der Waals surface area contributed by atoms with Crippen molar-refractivity contribution >= 4 is 17.5 Å². The van der Waals surface area contributed by atoms with E-state index in [2.05, 4.69) is 25.5 Å². The molecule has 1 aliphatic carbocycles. The number of imidazole rings is 1. The van der Waals surface area contributed by atoms with Gasteiger partial charge in [-0.1, -0.05) is 0 Å².